The van der Waals surface area contributed by atoms with E-state index >= 15 is 0 Å². The van der Waals surface area contributed by atoms with Gasteiger partial charge in [-0.1, -0.05) is 192 Å². The second-order valence-corrected chi connectivity index (χ2v) is 17.8. The van der Waals surface area contributed by atoms with Crippen LogP contribution in [0.25, 0.3) is 0 Å². The molecule has 0 aliphatic carbocycles. The molecule has 60 heavy (non-hydrogen) atoms. The van der Waals surface area contributed by atoms with Crippen molar-refractivity contribution in [3.63, 3.8) is 0 Å². The van der Waals surface area contributed by atoms with Crippen molar-refractivity contribution >= 4 is 25.7 Å². The van der Waals surface area contributed by atoms with Crippen molar-refractivity contribution in [1.82, 2.24) is 5.32 Å². The number of carboxylic acid groups (broad SMARTS) is 1. The maximum Gasteiger partial charge on any atom is 0.472 e. The van der Waals surface area contributed by atoms with Gasteiger partial charge in [-0.15, -0.1) is 0 Å². The summed E-state index contributed by atoms with van der Waals surface area (Å²) >= 11 is 0. The first-order chi connectivity index (χ1) is 29.1. The molecule has 0 aromatic rings. The van der Waals surface area contributed by atoms with Crippen molar-refractivity contribution in [3.05, 3.63) is 36.5 Å². The largest absolute Gasteiger partial charge is 0.480 e. The summed E-state index contributed by atoms with van der Waals surface area (Å²) in [5, 5.41) is 21.9. The minimum atomic E-state index is -4.76. The number of hydrogen-bond acceptors (Lipinski definition) is 8. The molecule has 0 saturated heterocycles. The summed E-state index contributed by atoms with van der Waals surface area (Å²) in [6.07, 6.45) is 47.3. The average Bonchev–Trinajstić information content (AvgIpc) is 3.22. The smallest absolute Gasteiger partial charge is 0.472 e. The Morgan fingerprint density at radius 1 is 0.533 bits per heavy atom. The van der Waals surface area contributed by atoms with Crippen LogP contribution in [-0.2, 0) is 32.7 Å². The molecule has 0 aromatic heterocycles. The molecular weight excluding hydrogens is 781 g/mol. The quantitative estimate of drug-likeness (QED) is 0.0200. The number of rotatable bonds is 45. The number of amides is 1. The maximum atomic E-state index is 12.3. The number of allylic oxidation sites excluding steroid dienone is 6. The van der Waals surface area contributed by atoms with Gasteiger partial charge in [0.15, 0.2) is 6.04 Å². The monoisotopic (exact) mass is 870 g/mol. The van der Waals surface area contributed by atoms with E-state index in [9.17, 15) is 34.1 Å². The SMILES string of the molecule is CCCCC/C=C\C/C=C\C/C=C\CCCCCCCCCCC(=O)NC(COP(=O)(O)OCC(O)COC(=O)CCCCCCCCCCCCCCCCC)C(=O)O. The minimum Gasteiger partial charge on any atom is -0.480 e. The molecule has 0 rings (SSSR count). The van der Waals surface area contributed by atoms with Crippen molar-refractivity contribution in [2.24, 2.45) is 0 Å². The van der Waals surface area contributed by atoms with Gasteiger partial charge < -0.3 is 25.2 Å². The highest BCUT2D eigenvalue weighted by Gasteiger charge is 2.28. The topological polar surface area (TPSA) is 169 Å². The van der Waals surface area contributed by atoms with Gasteiger partial charge in [0.25, 0.3) is 0 Å². The number of ether oxygens (including phenoxy) is 1. The fraction of sp³-hybridized carbons (Fsp3) is 0.812. The van der Waals surface area contributed by atoms with Crippen LogP contribution in [0.1, 0.15) is 219 Å². The number of phosphoric ester groups is 1. The summed E-state index contributed by atoms with van der Waals surface area (Å²) in [4.78, 5) is 46.0. The van der Waals surface area contributed by atoms with Crippen molar-refractivity contribution in [3.8, 4) is 0 Å². The molecule has 4 N–H and O–H groups in total. The Kier molecular flexibility index (Phi) is 41.7. The Bertz CT molecular complexity index is 1160. The molecule has 0 heterocycles. The van der Waals surface area contributed by atoms with Crippen molar-refractivity contribution in [2.45, 2.75) is 231 Å². The van der Waals surface area contributed by atoms with Crippen LogP contribution in [0.2, 0.25) is 0 Å². The lowest BCUT2D eigenvalue weighted by atomic mass is 10.0. The van der Waals surface area contributed by atoms with Crippen LogP contribution in [0.3, 0.4) is 0 Å². The van der Waals surface area contributed by atoms with Crippen LogP contribution in [0, 0.1) is 0 Å². The molecule has 0 aliphatic rings. The number of carbonyl (C=O) groups is 3. The van der Waals surface area contributed by atoms with Crippen LogP contribution in [-0.4, -0.2) is 64.9 Å². The summed E-state index contributed by atoms with van der Waals surface area (Å²) in [7, 11) is -4.76. The average molecular weight is 870 g/mol. The van der Waals surface area contributed by atoms with E-state index < -0.39 is 57.6 Å². The number of esters is 1. The summed E-state index contributed by atoms with van der Waals surface area (Å²) in [6.45, 7) is 2.58. The van der Waals surface area contributed by atoms with Crippen molar-refractivity contribution in [2.75, 3.05) is 19.8 Å². The number of carbonyl (C=O) groups excluding carboxylic acids is 2. The number of unbranched alkanes of at least 4 members (excludes halogenated alkanes) is 25. The lowest BCUT2D eigenvalue weighted by Crippen LogP contribution is -2.43. The molecule has 0 fully saturated rings. The fourth-order valence-corrected chi connectivity index (χ4v) is 7.45. The molecule has 0 saturated carbocycles. The third-order valence-electron chi connectivity index (χ3n) is 10.4. The lowest BCUT2D eigenvalue weighted by molar-refractivity contribution is -0.147. The normalized spacial score (nSPS) is 13.9. The molecule has 12 heteroatoms. The Balaban J connectivity index is 3.87. The highest BCUT2D eigenvalue weighted by atomic mass is 31.2. The zero-order chi connectivity index (χ0) is 44.2. The molecule has 1 amide bonds. The van der Waals surface area contributed by atoms with E-state index in [0.29, 0.717) is 12.8 Å². The number of carboxylic acids is 1. The van der Waals surface area contributed by atoms with Gasteiger partial charge in [0.1, 0.15) is 12.7 Å². The zero-order valence-electron chi connectivity index (χ0n) is 38.0. The van der Waals surface area contributed by atoms with Crippen LogP contribution in [0.15, 0.2) is 36.5 Å². The molecule has 11 nitrogen and oxygen atoms in total. The van der Waals surface area contributed by atoms with Crippen LogP contribution >= 0.6 is 7.82 Å². The predicted octanol–water partition coefficient (Wildman–Crippen LogP) is 12.8. The van der Waals surface area contributed by atoms with Gasteiger partial charge in [-0.2, -0.15) is 0 Å². The fourth-order valence-electron chi connectivity index (χ4n) is 6.68. The van der Waals surface area contributed by atoms with Crippen LogP contribution < -0.4 is 5.32 Å². The maximum absolute atomic E-state index is 12.3. The first-order valence-electron chi connectivity index (χ1n) is 24.0. The Morgan fingerprint density at radius 2 is 0.917 bits per heavy atom. The Morgan fingerprint density at radius 3 is 1.40 bits per heavy atom. The van der Waals surface area contributed by atoms with Gasteiger partial charge >= 0.3 is 19.8 Å². The van der Waals surface area contributed by atoms with E-state index in [1.165, 1.54) is 116 Å². The van der Waals surface area contributed by atoms with E-state index in [-0.39, 0.29) is 12.8 Å². The van der Waals surface area contributed by atoms with Crippen LogP contribution in [0.4, 0.5) is 0 Å². The second kappa shape index (κ2) is 43.4. The number of nitrogens with one attached hydrogen (secondary N) is 1. The van der Waals surface area contributed by atoms with Gasteiger partial charge in [-0.05, 0) is 51.4 Å². The molecule has 0 spiro atoms. The molecule has 0 aromatic carbocycles. The number of aliphatic hydroxyl groups is 1. The molecule has 0 radical (unpaired) electrons. The first-order valence-corrected chi connectivity index (χ1v) is 25.5. The number of phosphoric acid groups is 1. The summed E-state index contributed by atoms with van der Waals surface area (Å²) in [5.41, 5.74) is 0. The highest BCUT2D eigenvalue weighted by Crippen LogP contribution is 2.43. The van der Waals surface area contributed by atoms with E-state index in [1.807, 2.05) is 0 Å². The third-order valence-corrected chi connectivity index (χ3v) is 11.4. The molecular formula is C48H88NO10P. The van der Waals surface area contributed by atoms with Crippen molar-refractivity contribution < 1.29 is 47.8 Å². The molecule has 3 atom stereocenters. The van der Waals surface area contributed by atoms with Gasteiger partial charge in [0, 0.05) is 12.8 Å². The number of aliphatic carboxylic acids is 1. The van der Waals surface area contributed by atoms with Gasteiger partial charge in [0.05, 0.1) is 13.2 Å². The zero-order valence-corrected chi connectivity index (χ0v) is 38.9. The Hall–Kier alpha value is -2.30. The predicted molar refractivity (Wildman–Crippen MR) is 245 cm³/mol. The number of aliphatic hydroxyl groups excluding tert-OH is 1. The highest BCUT2D eigenvalue weighted by molar-refractivity contribution is 7.47. The van der Waals surface area contributed by atoms with E-state index in [2.05, 4.69) is 55.6 Å². The minimum absolute atomic E-state index is 0.138. The molecule has 350 valence electrons. The Labute approximate surface area is 365 Å². The summed E-state index contributed by atoms with van der Waals surface area (Å²) < 4.78 is 26.9. The standard InChI is InChI=1S/C48H88NO10P/c1-3-5-7-9-11-13-15-17-19-20-21-22-23-24-26-27-29-31-33-35-37-39-46(51)49-45(48(53)54)43-59-60(55,56)58-42-44(50)41-57-47(52)40-38-36-34-32-30-28-25-18-16-14-12-10-8-6-4-2/h11,13,17,19,21-22,44-45,50H,3-10,12,14-16,18,20,23-43H2,1-2H3,(H,49,51)(H,53,54)(H,55,56)/b13-11-,19-17-,22-21-. The first kappa shape index (κ1) is 57.7. The van der Waals surface area contributed by atoms with E-state index in [4.69, 9.17) is 13.8 Å². The van der Waals surface area contributed by atoms with Gasteiger partial charge in [0.2, 0.25) is 5.91 Å². The number of hydrogen-bond donors (Lipinski definition) is 4. The van der Waals surface area contributed by atoms with Gasteiger partial charge in [-0.25, -0.2) is 9.36 Å². The second-order valence-electron chi connectivity index (χ2n) is 16.3. The van der Waals surface area contributed by atoms with Gasteiger partial charge in [-0.3, -0.25) is 18.6 Å². The molecule has 0 bridgehead atoms. The van der Waals surface area contributed by atoms with Crippen molar-refractivity contribution in [1.29, 1.82) is 0 Å². The van der Waals surface area contributed by atoms with E-state index in [1.54, 1.807) is 0 Å². The summed E-state index contributed by atoms with van der Waals surface area (Å²) in [6, 6.07) is -1.55. The van der Waals surface area contributed by atoms with Crippen LogP contribution in [0.5, 0.6) is 0 Å². The summed E-state index contributed by atoms with van der Waals surface area (Å²) in [5.74, 6) is -2.37. The van der Waals surface area contributed by atoms with E-state index in [0.717, 1.165) is 64.2 Å². The lowest BCUT2D eigenvalue weighted by Gasteiger charge is -2.18. The third kappa shape index (κ3) is 42.4. The molecule has 0 aliphatic heterocycles. The molecule has 3 unspecified atom stereocenters.